The number of likely N-dealkylation sites (tertiary alicyclic amines) is 1. The maximum Gasteiger partial charge on any atom is 0.230 e. The minimum atomic E-state index is -0.258. The number of nitrogens with zero attached hydrogens (tertiary/aromatic N) is 1. The molecule has 2 saturated heterocycles. The maximum absolute atomic E-state index is 13.0. The third-order valence-electron chi connectivity index (χ3n) is 5.06. The fraction of sp³-hybridized carbons (Fsp3) is 0.588. The number of nitrogens with one attached hydrogen (secondary N) is 1. The maximum atomic E-state index is 13.0. The van der Waals surface area contributed by atoms with Crippen LogP contribution in [0.15, 0.2) is 24.3 Å². The first-order valence-electron chi connectivity index (χ1n) is 7.77. The third-order valence-corrected chi connectivity index (χ3v) is 5.06. The van der Waals surface area contributed by atoms with E-state index in [-0.39, 0.29) is 23.2 Å². The number of carbonyl (C=O) groups excluding carboxylic acids is 1. The molecule has 3 nitrogen and oxygen atoms in total. The molecule has 2 aliphatic heterocycles. The molecule has 4 heteroatoms. The van der Waals surface area contributed by atoms with Crippen molar-refractivity contribution in [3.8, 4) is 0 Å². The molecule has 0 saturated carbocycles. The number of benzene rings is 1. The van der Waals surface area contributed by atoms with E-state index in [1.54, 1.807) is 0 Å². The topological polar surface area (TPSA) is 32.3 Å². The van der Waals surface area contributed by atoms with Gasteiger partial charge in [0.2, 0.25) is 5.91 Å². The van der Waals surface area contributed by atoms with Gasteiger partial charge in [0, 0.05) is 25.0 Å². The highest BCUT2D eigenvalue weighted by Gasteiger charge is 2.43. The van der Waals surface area contributed by atoms with Crippen molar-refractivity contribution < 1.29 is 9.18 Å². The largest absolute Gasteiger partial charge is 0.339 e. The Balaban J connectivity index is 1.74. The van der Waals surface area contributed by atoms with Gasteiger partial charge in [-0.3, -0.25) is 4.79 Å². The summed E-state index contributed by atoms with van der Waals surface area (Å²) >= 11 is 0. The Morgan fingerprint density at radius 3 is 2.71 bits per heavy atom. The predicted octanol–water partition coefficient (Wildman–Crippen LogP) is 2.53. The Morgan fingerprint density at radius 2 is 2.10 bits per heavy atom. The van der Waals surface area contributed by atoms with E-state index in [1.807, 2.05) is 17.0 Å². The van der Waals surface area contributed by atoms with Crippen molar-refractivity contribution in [2.45, 2.75) is 38.6 Å². The Kier molecular flexibility index (Phi) is 3.74. The number of carbonyl (C=O) groups is 1. The Hall–Kier alpha value is -1.42. The molecule has 0 aliphatic carbocycles. The van der Waals surface area contributed by atoms with Crippen molar-refractivity contribution >= 4 is 5.91 Å². The number of amides is 1. The summed E-state index contributed by atoms with van der Waals surface area (Å²) in [6.07, 6.45) is 1.87. The normalized spacial score (nSPS) is 32.6. The van der Waals surface area contributed by atoms with Crippen LogP contribution < -0.4 is 5.32 Å². The van der Waals surface area contributed by atoms with Gasteiger partial charge in [0.1, 0.15) is 5.82 Å². The van der Waals surface area contributed by atoms with Crippen LogP contribution in [0, 0.1) is 11.2 Å². The van der Waals surface area contributed by atoms with Gasteiger partial charge < -0.3 is 10.2 Å². The van der Waals surface area contributed by atoms with Gasteiger partial charge in [-0.25, -0.2) is 4.39 Å². The fourth-order valence-corrected chi connectivity index (χ4v) is 3.64. The van der Waals surface area contributed by atoms with Crippen LogP contribution >= 0.6 is 0 Å². The first kappa shape index (κ1) is 14.5. The van der Waals surface area contributed by atoms with Crippen molar-refractivity contribution in [3.05, 3.63) is 35.6 Å². The van der Waals surface area contributed by atoms with E-state index in [1.165, 1.54) is 12.1 Å². The average molecular weight is 290 g/mol. The minimum Gasteiger partial charge on any atom is -0.339 e. The summed E-state index contributed by atoms with van der Waals surface area (Å²) in [5.41, 5.74) is 0.875. The van der Waals surface area contributed by atoms with Crippen molar-refractivity contribution in [1.82, 2.24) is 10.2 Å². The molecule has 3 rings (SSSR count). The van der Waals surface area contributed by atoms with Gasteiger partial charge in [0.25, 0.3) is 0 Å². The summed E-state index contributed by atoms with van der Waals surface area (Å²) in [5.74, 6) is 0.384. The molecule has 0 spiro atoms. The summed E-state index contributed by atoms with van der Waals surface area (Å²) in [7, 11) is 0. The van der Waals surface area contributed by atoms with Crippen molar-refractivity contribution in [2.24, 2.45) is 5.41 Å². The molecule has 2 aliphatic rings. The van der Waals surface area contributed by atoms with Gasteiger partial charge in [-0.2, -0.15) is 0 Å². The molecule has 0 radical (unpaired) electrons. The number of hydrogen-bond acceptors (Lipinski definition) is 2. The molecule has 1 amide bonds. The number of hydrogen-bond donors (Lipinski definition) is 1. The molecule has 1 aromatic carbocycles. The lowest BCUT2D eigenvalue weighted by atomic mass is 9.88. The highest BCUT2D eigenvalue weighted by Crippen LogP contribution is 2.36. The monoisotopic (exact) mass is 290 g/mol. The lowest BCUT2D eigenvalue weighted by Crippen LogP contribution is -2.45. The third kappa shape index (κ3) is 2.69. The van der Waals surface area contributed by atoms with Crippen LogP contribution in [-0.2, 0) is 4.79 Å². The standard InChI is InChI=1S/C17H23FN2O/c1-12-9-14(13-3-5-15(18)6-4-13)10-20(12)16(21)17(2)7-8-19-11-17/h3-6,12,14,19H,7-11H2,1-2H3/t12-,14-,17-/m1/s1. The zero-order chi connectivity index (χ0) is 15.0. The Bertz CT molecular complexity index is 522. The Labute approximate surface area is 125 Å². The van der Waals surface area contributed by atoms with Crippen LogP contribution in [0.25, 0.3) is 0 Å². The second-order valence-corrected chi connectivity index (χ2v) is 6.78. The molecule has 0 aromatic heterocycles. The van der Waals surface area contributed by atoms with Crippen LogP contribution in [0.4, 0.5) is 4.39 Å². The molecule has 2 fully saturated rings. The van der Waals surface area contributed by atoms with Gasteiger partial charge in [0.05, 0.1) is 5.41 Å². The van der Waals surface area contributed by atoms with Gasteiger partial charge in [-0.15, -0.1) is 0 Å². The summed E-state index contributed by atoms with van der Waals surface area (Å²) in [5, 5.41) is 3.29. The zero-order valence-electron chi connectivity index (χ0n) is 12.7. The molecule has 1 aromatic rings. The van der Waals surface area contributed by atoms with E-state index in [4.69, 9.17) is 0 Å². The molecule has 2 heterocycles. The van der Waals surface area contributed by atoms with Crippen LogP contribution in [-0.4, -0.2) is 36.5 Å². The molecule has 21 heavy (non-hydrogen) atoms. The minimum absolute atomic E-state index is 0.206. The predicted molar refractivity (Wildman–Crippen MR) is 80.5 cm³/mol. The number of rotatable bonds is 2. The van der Waals surface area contributed by atoms with E-state index < -0.39 is 0 Å². The lowest BCUT2D eigenvalue weighted by molar-refractivity contribution is -0.140. The van der Waals surface area contributed by atoms with Crippen LogP contribution in [0.1, 0.15) is 38.2 Å². The van der Waals surface area contributed by atoms with E-state index in [0.29, 0.717) is 5.92 Å². The first-order chi connectivity index (χ1) is 9.99. The highest BCUT2D eigenvalue weighted by molar-refractivity contribution is 5.83. The van der Waals surface area contributed by atoms with E-state index >= 15 is 0 Å². The van der Waals surface area contributed by atoms with E-state index in [9.17, 15) is 9.18 Å². The molecular weight excluding hydrogens is 267 g/mol. The molecule has 3 atom stereocenters. The van der Waals surface area contributed by atoms with Gasteiger partial charge in [-0.05, 0) is 50.9 Å². The fourth-order valence-electron chi connectivity index (χ4n) is 3.64. The van der Waals surface area contributed by atoms with E-state index in [0.717, 1.165) is 38.0 Å². The van der Waals surface area contributed by atoms with Gasteiger partial charge in [0.15, 0.2) is 0 Å². The average Bonchev–Trinajstić information content (AvgIpc) is 3.06. The Morgan fingerprint density at radius 1 is 1.38 bits per heavy atom. The van der Waals surface area contributed by atoms with Crippen LogP contribution in [0.5, 0.6) is 0 Å². The molecule has 114 valence electrons. The molecule has 0 unspecified atom stereocenters. The van der Waals surface area contributed by atoms with Gasteiger partial charge >= 0.3 is 0 Å². The SMILES string of the molecule is C[C@@H]1C[C@@H](c2ccc(F)cc2)CN1C(=O)[C@]1(C)CCNC1. The summed E-state index contributed by atoms with van der Waals surface area (Å²) in [4.78, 5) is 14.9. The highest BCUT2D eigenvalue weighted by atomic mass is 19.1. The van der Waals surface area contributed by atoms with E-state index in [2.05, 4.69) is 19.2 Å². The van der Waals surface area contributed by atoms with Crippen LogP contribution in [0.2, 0.25) is 0 Å². The first-order valence-corrected chi connectivity index (χ1v) is 7.77. The number of halogens is 1. The summed E-state index contributed by atoms with van der Waals surface area (Å²) in [6.45, 7) is 6.63. The van der Waals surface area contributed by atoms with Crippen molar-refractivity contribution in [2.75, 3.05) is 19.6 Å². The lowest BCUT2D eigenvalue weighted by Gasteiger charge is -2.31. The quantitative estimate of drug-likeness (QED) is 0.908. The second kappa shape index (κ2) is 5.41. The molecular formula is C17H23FN2O. The van der Waals surface area contributed by atoms with Crippen LogP contribution in [0.3, 0.4) is 0 Å². The van der Waals surface area contributed by atoms with Crippen molar-refractivity contribution in [1.29, 1.82) is 0 Å². The molecule has 1 N–H and O–H groups in total. The summed E-state index contributed by atoms with van der Waals surface area (Å²) < 4.78 is 13.0. The summed E-state index contributed by atoms with van der Waals surface area (Å²) in [6, 6.07) is 6.96. The van der Waals surface area contributed by atoms with Crippen molar-refractivity contribution in [3.63, 3.8) is 0 Å². The molecule has 0 bridgehead atoms. The smallest absolute Gasteiger partial charge is 0.230 e. The second-order valence-electron chi connectivity index (χ2n) is 6.78. The zero-order valence-corrected chi connectivity index (χ0v) is 12.7. The van der Waals surface area contributed by atoms with Gasteiger partial charge in [-0.1, -0.05) is 12.1 Å².